The van der Waals surface area contributed by atoms with Crippen molar-refractivity contribution in [3.05, 3.63) is 35.3 Å². The Kier molecular flexibility index (Phi) is 3.25. The number of methoxy groups -OCH3 is 1. The molecule has 19 heavy (non-hydrogen) atoms. The first-order valence-corrected chi connectivity index (χ1v) is 5.56. The van der Waals surface area contributed by atoms with E-state index in [1.165, 1.54) is 30.0 Å². The molecule has 0 saturated carbocycles. The Balaban J connectivity index is 2.78. The summed E-state index contributed by atoms with van der Waals surface area (Å²) in [6.07, 6.45) is 0. The summed E-state index contributed by atoms with van der Waals surface area (Å²) < 4.78 is 20.0. The monoisotopic (exact) mass is 264 g/mol. The average Bonchev–Trinajstić information content (AvgIpc) is 2.64. The zero-order valence-corrected chi connectivity index (χ0v) is 10.8. The lowest BCUT2D eigenvalue weighted by molar-refractivity contribution is 0.0697. The van der Waals surface area contributed by atoms with Gasteiger partial charge in [-0.05, 0) is 25.1 Å². The highest BCUT2D eigenvalue weighted by molar-refractivity contribution is 5.97. The van der Waals surface area contributed by atoms with Gasteiger partial charge in [-0.1, -0.05) is 0 Å². The number of carboxylic acid groups (broad SMARTS) is 1. The largest absolute Gasteiger partial charge is 0.496 e. The molecule has 0 unspecified atom stereocenters. The van der Waals surface area contributed by atoms with E-state index in [9.17, 15) is 14.3 Å². The molecule has 0 aliphatic heterocycles. The number of aromatic carboxylic acids is 1. The molecule has 1 aromatic carbocycles. The quantitative estimate of drug-likeness (QED) is 0.923. The van der Waals surface area contributed by atoms with Crippen molar-refractivity contribution in [3.8, 4) is 17.0 Å². The Morgan fingerprint density at radius 2 is 2.16 bits per heavy atom. The molecule has 0 bridgehead atoms. The van der Waals surface area contributed by atoms with Crippen LogP contribution in [0.15, 0.2) is 18.2 Å². The van der Waals surface area contributed by atoms with Crippen LogP contribution in [0.5, 0.6) is 5.75 Å². The van der Waals surface area contributed by atoms with Crippen molar-refractivity contribution in [2.75, 3.05) is 7.11 Å². The van der Waals surface area contributed by atoms with Crippen molar-refractivity contribution in [1.29, 1.82) is 0 Å². The van der Waals surface area contributed by atoms with E-state index in [4.69, 9.17) is 4.74 Å². The van der Waals surface area contributed by atoms with Gasteiger partial charge in [0, 0.05) is 12.6 Å². The van der Waals surface area contributed by atoms with Crippen LogP contribution in [0.2, 0.25) is 0 Å². The fourth-order valence-corrected chi connectivity index (χ4v) is 2.09. The first-order valence-electron chi connectivity index (χ1n) is 5.56. The number of carboxylic acids is 1. The molecule has 6 heteroatoms. The third-order valence-corrected chi connectivity index (χ3v) is 2.85. The van der Waals surface area contributed by atoms with Crippen LogP contribution >= 0.6 is 0 Å². The van der Waals surface area contributed by atoms with Crippen molar-refractivity contribution in [1.82, 2.24) is 9.78 Å². The van der Waals surface area contributed by atoms with Gasteiger partial charge in [-0.15, -0.1) is 0 Å². The SMILES string of the molecule is COc1ccc(F)cc1-c1c(C(=O)O)c(C)nn1C. The van der Waals surface area contributed by atoms with Crippen LogP contribution in [-0.4, -0.2) is 28.0 Å². The minimum absolute atomic E-state index is 0.0476. The van der Waals surface area contributed by atoms with Crippen LogP contribution in [-0.2, 0) is 7.05 Å². The van der Waals surface area contributed by atoms with Gasteiger partial charge in [-0.25, -0.2) is 9.18 Å². The van der Waals surface area contributed by atoms with Crippen molar-refractivity contribution in [3.63, 3.8) is 0 Å². The third-order valence-electron chi connectivity index (χ3n) is 2.85. The number of hydrogen-bond donors (Lipinski definition) is 1. The van der Waals surface area contributed by atoms with Crippen molar-refractivity contribution >= 4 is 5.97 Å². The molecule has 0 radical (unpaired) electrons. The molecule has 0 saturated heterocycles. The Hall–Kier alpha value is -2.37. The summed E-state index contributed by atoms with van der Waals surface area (Å²) in [5.41, 5.74) is 1.10. The second-order valence-corrected chi connectivity index (χ2v) is 4.08. The summed E-state index contributed by atoms with van der Waals surface area (Å²) in [5, 5.41) is 13.3. The van der Waals surface area contributed by atoms with E-state index in [1.54, 1.807) is 14.0 Å². The predicted molar refractivity (Wildman–Crippen MR) is 66.9 cm³/mol. The maximum absolute atomic E-state index is 13.4. The maximum atomic E-state index is 13.4. The number of hydrogen-bond acceptors (Lipinski definition) is 3. The Labute approximate surface area is 109 Å². The molecular formula is C13H13FN2O3. The fraction of sp³-hybridized carbons (Fsp3) is 0.231. The molecule has 0 fully saturated rings. The van der Waals surface area contributed by atoms with Crippen LogP contribution in [0.4, 0.5) is 4.39 Å². The molecule has 1 aromatic heterocycles. The number of aryl methyl sites for hydroxylation is 2. The van der Waals surface area contributed by atoms with Crippen molar-refractivity contribution < 1.29 is 19.0 Å². The number of aromatic nitrogens is 2. The standard InChI is InChI=1S/C13H13FN2O3/c1-7-11(13(17)18)12(16(2)15-7)9-6-8(14)4-5-10(9)19-3/h4-6H,1-3H3,(H,17,18). The lowest BCUT2D eigenvalue weighted by Gasteiger charge is -2.10. The highest BCUT2D eigenvalue weighted by Gasteiger charge is 2.23. The predicted octanol–water partition coefficient (Wildman–Crippen LogP) is 2.24. The van der Waals surface area contributed by atoms with E-state index in [0.29, 0.717) is 22.7 Å². The van der Waals surface area contributed by atoms with E-state index >= 15 is 0 Å². The molecule has 0 aliphatic rings. The second-order valence-electron chi connectivity index (χ2n) is 4.08. The normalized spacial score (nSPS) is 10.5. The zero-order chi connectivity index (χ0) is 14.2. The van der Waals surface area contributed by atoms with Gasteiger partial charge in [0.1, 0.15) is 17.1 Å². The molecule has 0 aliphatic carbocycles. The number of carbonyl (C=O) groups is 1. The van der Waals surface area contributed by atoms with Crippen molar-refractivity contribution in [2.24, 2.45) is 7.05 Å². The molecule has 1 N–H and O–H groups in total. The van der Waals surface area contributed by atoms with E-state index < -0.39 is 11.8 Å². The Morgan fingerprint density at radius 3 is 2.74 bits per heavy atom. The van der Waals surface area contributed by atoms with Gasteiger partial charge < -0.3 is 9.84 Å². The molecule has 0 atom stereocenters. The van der Waals surface area contributed by atoms with Crippen LogP contribution < -0.4 is 4.74 Å². The first-order chi connectivity index (χ1) is 8.95. The highest BCUT2D eigenvalue weighted by atomic mass is 19.1. The highest BCUT2D eigenvalue weighted by Crippen LogP contribution is 2.33. The summed E-state index contributed by atoms with van der Waals surface area (Å²) in [4.78, 5) is 11.3. The Bertz CT molecular complexity index is 650. The minimum atomic E-state index is -1.10. The van der Waals surface area contributed by atoms with Gasteiger partial charge in [0.15, 0.2) is 0 Å². The van der Waals surface area contributed by atoms with E-state index in [2.05, 4.69) is 5.10 Å². The number of benzene rings is 1. The van der Waals surface area contributed by atoms with Gasteiger partial charge in [-0.2, -0.15) is 5.10 Å². The lowest BCUT2D eigenvalue weighted by Crippen LogP contribution is -2.03. The molecule has 2 rings (SSSR count). The summed E-state index contributed by atoms with van der Waals surface area (Å²) in [6.45, 7) is 1.60. The number of halogens is 1. The smallest absolute Gasteiger partial charge is 0.339 e. The van der Waals surface area contributed by atoms with Crippen LogP contribution in [0.3, 0.4) is 0 Å². The number of rotatable bonds is 3. The molecule has 0 amide bonds. The lowest BCUT2D eigenvalue weighted by atomic mass is 10.0. The molecule has 0 spiro atoms. The van der Waals surface area contributed by atoms with Gasteiger partial charge in [0.05, 0.1) is 18.5 Å². The zero-order valence-electron chi connectivity index (χ0n) is 10.8. The summed E-state index contributed by atoms with van der Waals surface area (Å²) >= 11 is 0. The van der Waals surface area contributed by atoms with Crippen LogP contribution in [0.1, 0.15) is 16.1 Å². The summed E-state index contributed by atoms with van der Waals surface area (Å²) in [6, 6.07) is 3.95. The Morgan fingerprint density at radius 1 is 1.47 bits per heavy atom. The van der Waals surface area contributed by atoms with Gasteiger partial charge in [0.25, 0.3) is 0 Å². The molecule has 1 heterocycles. The fourth-order valence-electron chi connectivity index (χ4n) is 2.09. The number of nitrogens with zero attached hydrogens (tertiary/aromatic N) is 2. The van der Waals surface area contributed by atoms with E-state index in [-0.39, 0.29) is 5.56 Å². The summed E-state index contributed by atoms with van der Waals surface area (Å²) in [7, 11) is 3.06. The van der Waals surface area contributed by atoms with Gasteiger partial charge in [-0.3, -0.25) is 4.68 Å². The van der Waals surface area contributed by atoms with E-state index in [1.807, 2.05) is 0 Å². The van der Waals surface area contributed by atoms with E-state index in [0.717, 1.165) is 0 Å². The maximum Gasteiger partial charge on any atom is 0.339 e. The van der Waals surface area contributed by atoms with Gasteiger partial charge in [0.2, 0.25) is 0 Å². The van der Waals surface area contributed by atoms with Crippen molar-refractivity contribution in [2.45, 2.75) is 6.92 Å². The molecule has 2 aromatic rings. The molecular weight excluding hydrogens is 251 g/mol. The van der Waals surface area contributed by atoms with Crippen LogP contribution in [0, 0.1) is 12.7 Å². The van der Waals surface area contributed by atoms with Gasteiger partial charge >= 0.3 is 5.97 Å². The summed E-state index contributed by atoms with van der Waals surface area (Å²) in [5.74, 6) is -1.18. The molecule has 100 valence electrons. The number of ether oxygens (including phenoxy) is 1. The average molecular weight is 264 g/mol. The second kappa shape index (κ2) is 4.72. The first kappa shape index (κ1) is 13.1. The van der Waals surface area contributed by atoms with Crippen LogP contribution in [0.25, 0.3) is 11.3 Å². The third kappa shape index (κ3) is 2.16. The molecule has 5 nitrogen and oxygen atoms in total. The minimum Gasteiger partial charge on any atom is -0.496 e. The topological polar surface area (TPSA) is 64.3 Å².